The molecule has 0 bridgehead atoms. The highest BCUT2D eigenvalue weighted by Crippen LogP contribution is 2.15. The Balaban J connectivity index is 3.34. The van der Waals surface area contributed by atoms with E-state index in [9.17, 15) is 4.79 Å². The van der Waals surface area contributed by atoms with Crippen LogP contribution in [0.3, 0.4) is 0 Å². The van der Waals surface area contributed by atoms with Crippen molar-refractivity contribution in [1.29, 1.82) is 0 Å². The molecule has 0 rings (SSSR count). The first-order valence-corrected chi connectivity index (χ1v) is 6.60. The number of esters is 1. The van der Waals surface area contributed by atoms with E-state index in [-0.39, 0.29) is 5.97 Å². The largest absolute Gasteiger partial charge is 0.466 e. The maximum atomic E-state index is 11.0. The van der Waals surface area contributed by atoms with Crippen LogP contribution in [-0.4, -0.2) is 22.7 Å². The van der Waals surface area contributed by atoms with Crippen LogP contribution in [0.4, 0.5) is 0 Å². The Hall–Kier alpha value is 0.430. The molecule has 0 saturated carbocycles. The summed E-state index contributed by atoms with van der Waals surface area (Å²) in [6.07, 6.45) is 3.63. The Morgan fingerprint density at radius 1 is 1.46 bits per heavy atom. The van der Waals surface area contributed by atoms with Crippen molar-refractivity contribution in [1.82, 2.24) is 0 Å². The quantitative estimate of drug-likeness (QED) is 0.532. The van der Waals surface area contributed by atoms with Gasteiger partial charge in [-0.1, -0.05) is 31.9 Å². The molecule has 0 radical (unpaired) electrons. The predicted octanol–water partition coefficient (Wildman–Crippen LogP) is 3.27. The van der Waals surface area contributed by atoms with Gasteiger partial charge in [0.25, 0.3) is 0 Å². The average Bonchev–Trinajstić information content (AvgIpc) is 2.12. The van der Waals surface area contributed by atoms with Gasteiger partial charge in [0.15, 0.2) is 0 Å². The number of carbonyl (C=O) groups excluding carboxylic acids is 1. The molecule has 4 heteroatoms. The van der Waals surface area contributed by atoms with Gasteiger partial charge in [0.05, 0.1) is 6.61 Å². The molecule has 1 atom stereocenters. The van der Waals surface area contributed by atoms with Crippen LogP contribution < -0.4 is 0 Å². The van der Waals surface area contributed by atoms with Crippen molar-refractivity contribution in [2.45, 2.75) is 37.4 Å². The zero-order valence-corrected chi connectivity index (χ0v) is 11.1. The zero-order chi connectivity index (χ0) is 10.1. The molecule has 0 N–H and O–H groups in total. The van der Waals surface area contributed by atoms with Crippen LogP contribution in [0.15, 0.2) is 0 Å². The fourth-order valence-electron chi connectivity index (χ4n) is 0.951. The number of alkyl halides is 2. The van der Waals surface area contributed by atoms with Crippen LogP contribution in [0.1, 0.15) is 32.6 Å². The molecule has 0 aromatic heterocycles. The summed E-state index contributed by atoms with van der Waals surface area (Å²) in [4.78, 5) is 11.4. The number of carbonyl (C=O) groups is 1. The molecule has 0 aromatic rings. The lowest BCUT2D eigenvalue weighted by Gasteiger charge is -2.07. The Bertz CT molecular complexity index is 140. The van der Waals surface area contributed by atoms with Crippen LogP contribution >= 0.6 is 31.9 Å². The number of ether oxygens (including phenoxy) is 1. The molecule has 0 fully saturated rings. The summed E-state index contributed by atoms with van der Waals surface area (Å²) in [5.74, 6) is -0.0919. The van der Waals surface area contributed by atoms with Gasteiger partial charge in [-0.25, -0.2) is 0 Å². The van der Waals surface area contributed by atoms with E-state index in [0.717, 1.165) is 24.6 Å². The normalized spacial score (nSPS) is 12.5. The Kier molecular flexibility index (Phi) is 9.30. The van der Waals surface area contributed by atoms with E-state index in [1.165, 1.54) is 0 Å². The smallest absolute Gasteiger partial charge is 0.305 e. The van der Waals surface area contributed by atoms with Crippen LogP contribution in [-0.2, 0) is 9.53 Å². The molecule has 1 unspecified atom stereocenters. The molecule has 13 heavy (non-hydrogen) atoms. The van der Waals surface area contributed by atoms with E-state index < -0.39 is 0 Å². The van der Waals surface area contributed by atoms with Gasteiger partial charge in [-0.05, 0) is 26.2 Å². The lowest BCUT2D eigenvalue weighted by molar-refractivity contribution is -0.143. The fraction of sp³-hybridized carbons (Fsp3) is 0.889. The molecule has 78 valence electrons. The zero-order valence-electron chi connectivity index (χ0n) is 7.89. The van der Waals surface area contributed by atoms with Gasteiger partial charge >= 0.3 is 5.97 Å². The van der Waals surface area contributed by atoms with Crippen LogP contribution in [0.2, 0.25) is 0 Å². The van der Waals surface area contributed by atoms with E-state index in [2.05, 4.69) is 31.9 Å². The maximum absolute atomic E-state index is 11.0. The second-order valence-corrected chi connectivity index (χ2v) is 4.86. The van der Waals surface area contributed by atoms with Gasteiger partial charge in [0.1, 0.15) is 0 Å². The summed E-state index contributed by atoms with van der Waals surface area (Å²) in [5, 5.41) is 1.02. The highest BCUT2D eigenvalue weighted by Gasteiger charge is 2.07. The molecule has 0 aliphatic rings. The minimum Gasteiger partial charge on any atom is -0.466 e. The van der Waals surface area contributed by atoms with Crippen molar-refractivity contribution in [3.63, 3.8) is 0 Å². The first-order valence-electron chi connectivity index (χ1n) is 4.56. The summed E-state index contributed by atoms with van der Waals surface area (Å²) in [6.45, 7) is 2.31. The monoisotopic (exact) mass is 314 g/mol. The van der Waals surface area contributed by atoms with E-state index in [4.69, 9.17) is 4.74 Å². The van der Waals surface area contributed by atoms with E-state index in [1.54, 1.807) is 0 Å². The van der Waals surface area contributed by atoms with Gasteiger partial charge in [0.2, 0.25) is 0 Å². The highest BCUT2D eigenvalue weighted by atomic mass is 79.9. The number of halogens is 2. The van der Waals surface area contributed by atoms with Gasteiger partial charge < -0.3 is 4.74 Å². The molecule has 0 aromatic carbocycles. The van der Waals surface area contributed by atoms with Gasteiger partial charge in [-0.3, -0.25) is 4.79 Å². The molecule has 0 aliphatic heterocycles. The topological polar surface area (TPSA) is 26.3 Å². The lowest BCUT2D eigenvalue weighted by atomic mass is 10.1. The first kappa shape index (κ1) is 13.4. The second kappa shape index (κ2) is 9.00. The summed E-state index contributed by atoms with van der Waals surface area (Å²) in [7, 11) is 0. The minimum atomic E-state index is -0.0919. The molecule has 0 aliphatic carbocycles. The van der Waals surface area contributed by atoms with Crippen molar-refractivity contribution in [2.75, 3.05) is 11.9 Å². The van der Waals surface area contributed by atoms with Gasteiger partial charge in [0, 0.05) is 16.6 Å². The predicted molar refractivity (Wildman–Crippen MR) is 61.6 cm³/mol. The Morgan fingerprint density at radius 2 is 2.15 bits per heavy atom. The van der Waals surface area contributed by atoms with E-state index >= 15 is 0 Å². The highest BCUT2D eigenvalue weighted by molar-refractivity contribution is 9.09. The molecule has 0 saturated heterocycles. The summed E-state index contributed by atoms with van der Waals surface area (Å²) in [5.41, 5.74) is 0. The van der Waals surface area contributed by atoms with Crippen molar-refractivity contribution < 1.29 is 9.53 Å². The van der Waals surface area contributed by atoms with Crippen molar-refractivity contribution in [3.05, 3.63) is 0 Å². The molecule has 0 amide bonds. The fourth-order valence-corrected chi connectivity index (χ4v) is 1.83. The summed E-state index contributed by atoms with van der Waals surface area (Å²) < 4.78 is 4.83. The SMILES string of the molecule is CCOC(=O)CCC(Br)CCCBr. The second-order valence-electron chi connectivity index (χ2n) is 2.77. The first-order chi connectivity index (χ1) is 6.20. The van der Waals surface area contributed by atoms with Crippen molar-refractivity contribution in [3.8, 4) is 0 Å². The molecular formula is C9H16Br2O2. The molecule has 0 spiro atoms. The third-order valence-electron chi connectivity index (χ3n) is 1.62. The van der Waals surface area contributed by atoms with Crippen molar-refractivity contribution in [2.24, 2.45) is 0 Å². The summed E-state index contributed by atoms with van der Waals surface area (Å²) >= 11 is 6.90. The van der Waals surface area contributed by atoms with E-state index in [0.29, 0.717) is 17.9 Å². The van der Waals surface area contributed by atoms with Crippen LogP contribution in [0, 0.1) is 0 Å². The average molecular weight is 316 g/mol. The third kappa shape index (κ3) is 8.75. The Morgan fingerprint density at radius 3 is 2.69 bits per heavy atom. The number of hydrogen-bond donors (Lipinski definition) is 0. The van der Waals surface area contributed by atoms with Crippen molar-refractivity contribution >= 4 is 37.8 Å². The maximum Gasteiger partial charge on any atom is 0.305 e. The Labute approximate surface area is 96.7 Å². The summed E-state index contributed by atoms with van der Waals surface area (Å²) in [6, 6.07) is 0. The molecular weight excluding hydrogens is 300 g/mol. The van der Waals surface area contributed by atoms with Crippen LogP contribution in [0.5, 0.6) is 0 Å². The van der Waals surface area contributed by atoms with E-state index in [1.807, 2.05) is 6.92 Å². The third-order valence-corrected chi connectivity index (χ3v) is 3.09. The standard InChI is InChI=1S/C9H16Br2O2/c1-2-13-9(12)6-5-8(11)4-3-7-10/h8H,2-7H2,1H3. The number of hydrogen-bond acceptors (Lipinski definition) is 2. The minimum absolute atomic E-state index is 0.0919. The van der Waals surface area contributed by atoms with Gasteiger partial charge in [-0.15, -0.1) is 0 Å². The van der Waals surface area contributed by atoms with Gasteiger partial charge in [-0.2, -0.15) is 0 Å². The molecule has 0 heterocycles. The molecule has 2 nitrogen and oxygen atoms in total. The van der Waals surface area contributed by atoms with Crippen LogP contribution in [0.25, 0.3) is 0 Å². The number of rotatable bonds is 7. The lowest BCUT2D eigenvalue weighted by Crippen LogP contribution is -2.07.